The van der Waals surface area contributed by atoms with Gasteiger partial charge in [-0.05, 0) is 79.6 Å². The Labute approximate surface area is 150 Å². The first-order valence-electron chi connectivity index (χ1n) is 10.0. The fourth-order valence-electron chi connectivity index (χ4n) is 7.29. The summed E-state index contributed by atoms with van der Waals surface area (Å²) in [6.45, 7) is 8.64. The van der Waals surface area contributed by atoms with Gasteiger partial charge in [0.05, 0.1) is 11.5 Å². The number of amides is 1. The Hall–Kier alpha value is -1.16. The van der Waals surface area contributed by atoms with E-state index in [1.165, 1.54) is 0 Å². The lowest BCUT2D eigenvalue weighted by atomic mass is 9.42. The van der Waals surface area contributed by atoms with Crippen LogP contribution in [0.3, 0.4) is 0 Å². The second-order valence-electron chi connectivity index (χ2n) is 9.37. The third-order valence-electron chi connectivity index (χ3n) is 8.37. The molecular weight excluding hydrogens is 314 g/mol. The van der Waals surface area contributed by atoms with Gasteiger partial charge in [-0.3, -0.25) is 9.59 Å². The number of hydrogen-bond donors (Lipinski definition) is 2. The summed E-state index contributed by atoms with van der Waals surface area (Å²) in [5, 5.41) is 14.1. The fourth-order valence-corrected chi connectivity index (χ4v) is 7.29. The number of allylic oxidation sites excluding steroid dienone is 1. The van der Waals surface area contributed by atoms with Crippen LogP contribution in [-0.2, 0) is 9.59 Å². The highest BCUT2D eigenvalue weighted by atomic mass is 16.3. The van der Waals surface area contributed by atoms with E-state index in [9.17, 15) is 14.7 Å². The van der Waals surface area contributed by atoms with E-state index in [4.69, 9.17) is 0 Å². The molecule has 0 saturated heterocycles. The van der Waals surface area contributed by atoms with Crippen molar-refractivity contribution in [3.63, 3.8) is 0 Å². The van der Waals surface area contributed by atoms with Gasteiger partial charge < -0.3 is 10.4 Å². The van der Waals surface area contributed by atoms with Gasteiger partial charge in [0.25, 0.3) is 0 Å². The molecule has 9 atom stereocenters. The van der Waals surface area contributed by atoms with E-state index in [1.54, 1.807) is 0 Å². The zero-order valence-electron chi connectivity index (χ0n) is 15.4. The van der Waals surface area contributed by atoms with E-state index in [0.717, 1.165) is 50.5 Å². The Morgan fingerprint density at radius 3 is 2.64 bits per heavy atom. The van der Waals surface area contributed by atoms with Crippen LogP contribution in [0.4, 0.5) is 0 Å². The van der Waals surface area contributed by atoms with Crippen molar-refractivity contribution in [1.82, 2.24) is 5.32 Å². The molecule has 2 N–H and O–H groups in total. The van der Waals surface area contributed by atoms with Crippen LogP contribution >= 0.6 is 0 Å². The lowest BCUT2D eigenvalue weighted by Gasteiger charge is -2.62. The molecule has 5 saturated carbocycles. The Balaban J connectivity index is 1.73. The number of Topliss-reactive ketones (excluding diaryl/α,β-unsaturated/α-hetero) is 1. The summed E-state index contributed by atoms with van der Waals surface area (Å²) in [5.74, 6) is 2.60. The van der Waals surface area contributed by atoms with Crippen LogP contribution in [0.1, 0.15) is 52.4 Å². The van der Waals surface area contributed by atoms with Crippen LogP contribution in [0.15, 0.2) is 12.2 Å². The zero-order valence-corrected chi connectivity index (χ0v) is 15.4. The first kappa shape index (κ1) is 17.3. The first-order valence-corrected chi connectivity index (χ1v) is 10.0. The normalized spacial score (nSPS) is 52.1. The molecule has 9 unspecified atom stereocenters. The summed E-state index contributed by atoms with van der Waals surface area (Å²) in [5.41, 5.74) is 0.202. The van der Waals surface area contributed by atoms with Crippen molar-refractivity contribution < 1.29 is 14.7 Å². The van der Waals surface area contributed by atoms with Crippen LogP contribution in [0.5, 0.6) is 0 Å². The number of carbonyl (C=O) groups is 2. The molecule has 25 heavy (non-hydrogen) atoms. The second-order valence-corrected chi connectivity index (χ2v) is 9.37. The molecule has 5 fully saturated rings. The lowest BCUT2D eigenvalue weighted by molar-refractivity contribution is -0.178. The van der Waals surface area contributed by atoms with Gasteiger partial charge in [-0.2, -0.15) is 0 Å². The minimum Gasteiger partial charge on any atom is -0.392 e. The SMILES string of the molecule is C=C1C(=O)C23CCC1CC2C1C(C)CC(NC=O)CC(C)C1CC3O. The standard InChI is InChI=1S/C21H31NO3/c1-11-6-15(22-10-23)7-12(2)19-16(11)9-18(24)21-5-4-14(8-17(19)21)13(3)20(21)25/h10-12,14-19,24H,3-9H2,1-2H3,(H,22,23). The van der Waals surface area contributed by atoms with Crippen LogP contribution < -0.4 is 5.32 Å². The molecule has 138 valence electrons. The van der Waals surface area contributed by atoms with Crippen LogP contribution in [0, 0.1) is 40.9 Å². The van der Waals surface area contributed by atoms with E-state index in [1.807, 2.05) is 0 Å². The van der Waals surface area contributed by atoms with E-state index < -0.39 is 11.5 Å². The molecule has 5 aliphatic rings. The lowest BCUT2D eigenvalue weighted by Crippen LogP contribution is -2.63. The van der Waals surface area contributed by atoms with Gasteiger partial charge in [-0.15, -0.1) is 0 Å². The number of rotatable bonds is 2. The molecule has 2 bridgehead atoms. The van der Waals surface area contributed by atoms with Crippen LogP contribution in [-0.4, -0.2) is 29.4 Å². The molecule has 0 aliphatic heterocycles. The molecule has 1 amide bonds. The van der Waals surface area contributed by atoms with E-state index in [0.29, 0.717) is 29.6 Å². The predicted molar refractivity (Wildman–Crippen MR) is 95.6 cm³/mol. The number of ketones is 1. The summed E-state index contributed by atoms with van der Waals surface area (Å²) in [7, 11) is 0. The first-order chi connectivity index (χ1) is 11.9. The molecule has 5 rings (SSSR count). The summed E-state index contributed by atoms with van der Waals surface area (Å²) in [4.78, 5) is 24.1. The van der Waals surface area contributed by atoms with Gasteiger partial charge in [0.15, 0.2) is 5.78 Å². The number of hydrogen-bond acceptors (Lipinski definition) is 3. The Bertz CT molecular complexity index is 602. The largest absolute Gasteiger partial charge is 0.392 e. The molecule has 0 radical (unpaired) electrons. The van der Waals surface area contributed by atoms with Gasteiger partial charge in [0, 0.05) is 6.04 Å². The number of aliphatic hydroxyl groups excluding tert-OH is 1. The van der Waals surface area contributed by atoms with E-state index in [-0.39, 0.29) is 17.7 Å². The molecular formula is C21H31NO3. The Kier molecular flexibility index (Phi) is 4.10. The maximum atomic E-state index is 13.2. The average molecular weight is 345 g/mol. The molecule has 0 aromatic heterocycles. The van der Waals surface area contributed by atoms with Gasteiger partial charge >= 0.3 is 0 Å². The molecule has 0 aromatic rings. The number of nitrogens with one attached hydrogen (secondary N) is 1. The summed E-state index contributed by atoms with van der Waals surface area (Å²) < 4.78 is 0. The van der Waals surface area contributed by atoms with E-state index >= 15 is 0 Å². The predicted octanol–water partition coefficient (Wildman–Crippen LogP) is 2.71. The molecule has 5 aliphatic carbocycles. The highest BCUT2D eigenvalue weighted by Gasteiger charge is 2.65. The number of fused-ring (bicyclic) bond motifs is 3. The highest BCUT2D eigenvalue weighted by Crippen LogP contribution is 2.65. The smallest absolute Gasteiger partial charge is 0.207 e. The van der Waals surface area contributed by atoms with Gasteiger partial charge in [0.1, 0.15) is 0 Å². The van der Waals surface area contributed by atoms with Crippen molar-refractivity contribution in [3.05, 3.63) is 12.2 Å². The molecule has 0 heterocycles. The Morgan fingerprint density at radius 2 is 1.92 bits per heavy atom. The quantitative estimate of drug-likeness (QED) is 0.597. The molecule has 4 nitrogen and oxygen atoms in total. The summed E-state index contributed by atoms with van der Waals surface area (Å²) >= 11 is 0. The van der Waals surface area contributed by atoms with Gasteiger partial charge in [-0.1, -0.05) is 20.4 Å². The molecule has 4 heteroatoms. The minimum atomic E-state index is -0.571. The monoisotopic (exact) mass is 345 g/mol. The zero-order chi connectivity index (χ0) is 17.9. The summed E-state index contributed by atoms with van der Waals surface area (Å²) in [6, 6.07) is 0.215. The minimum absolute atomic E-state index is 0.164. The highest BCUT2D eigenvalue weighted by molar-refractivity contribution is 6.02. The maximum Gasteiger partial charge on any atom is 0.207 e. The van der Waals surface area contributed by atoms with Gasteiger partial charge in [-0.25, -0.2) is 0 Å². The van der Waals surface area contributed by atoms with Crippen molar-refractivity contribution in [2.24, 2.45) is 40.9 Å². The van der Waals surface area contributed by atoms with Crippen molar-refractivity contribution in [2.75, 3.05) is 0 Å². The van der Waals surface area contributed by atoms with Crippen LogP contribution in [0.25, 0.3) is 0 Å². The van der Waals surface area contributed by atoms with Crippen molar-refractivity contribution >= 4 is 12.2 Å². The third kappa shape index (κ3) is 2.29. The third-order valence-corrected chi connectivity index (χ3v) is 8.37. The van der Waals surface area contributed by atoms with Crippen molar-refractivity contribution in [3.8, 4) is 0 Å². The fraction of sp³-hybridized carbons (Fsp3) is 0.810. The Morgan fingerprint density at radius 1 is 1.20 bits per heavy atom. The average Bonchev–Trinajstić information content (AvgIpc) is 2.69. The van der Waals surface area contributed by atoms with Crippen LogP contribution in [0.2, 0.25) is 0 Å². The molecule has 0 aromatic carbocycles. The number of carbonyl (C=O) groups excluding carboxylic acids is 2. The maximum absolute atomic E-state index is 13.2. The number of aliphatic hydroxyl groups is 1. The van der Waals surface area contributed by atoms with E-state index in [2.05, 4.69) is 25.7 Å². The van der Waals surface area contributed by atoms with Gasteiger partial charge in [0.2, 0.25) is 6.41 Å². The summed E-state index contributed by atoms with van der Waals surface area (Å²) in [6.07, 6.45) is 5.83. The topological polar surface area (TPSA) is 66.4 Å². The molecule has 1 spiro atoms. The van der Waals surface area contributed by atoms with Crippen molar-refractivity contribution in [2.45, 2.75) is 64.5 Å². The van der Waals surface area contributed by atoms with Crippen molar-refractivity contribution in [1.29, 1.82) is 0 Å². The second kappa shape index (κ2) is 5.94.